The lowest BCUT2D eigenvalue weighted by molar-refractivity contribution is 0.0520. The first kappa shape index (κ1) is 31.2. The van der Waals surface area contributed by atoms with Crippen molar-refractivity contribution >= 4 is 54.5 Å². The first-order valence-electron chi connectivity index (χ1n) is 14.1. The molecule has 2 unspecified atom stereocenters. The van der Waals surface area contributed by atoms with Gasteiger partial charge in [0.05, 0.1) is 28.0 Å². The van der Waals surface area contributed by atoms with E-state index in [4.69, 9.17) is 9.47 Å². The Morgan fingerprint density at radius 3 is 2.21 bits per heavy atom. The molecular weight excluding hydrogens is 592 g/mol. The van der Waals surface area contributed by atoms with E-state index in [0.717, 1.165) is 28.3 Å². The van der Waals surface area contributed by atoms with Crippen LogP contribution in [0.4, 0.5) is 9.59 Å². The van der Waals surface area contributed by atoms with Crippen LogP contribution in [0.1, 0.15) is 59.9 Å². The average molecular weight is 631 g/mol. The van der Waals surface area contributed by atoms with E-state index >= 15 is 0 Å². The number of aliphatic hydroxyl groups is 1. The third kappa shape index (κ3) is 6.79. The second-order valence-electron chi connectivity index (χ2n) is 13.0. The number of carbonyl (C=O) groups is 2. The molecule has 1 N–H and O–H groups in total. The second kappa shape index (κ2) is 11.0. The van der Waals surface area contributed by atoms with Gasteiger partial charge in [-0.05, 0) is 90.8 Å². The van der Waals surface area contributed by atoms with E-state index in [-0.39, 0.29) is 22.0 Å². The maximum Gasteiger partial charge on any atom is 0.435 e. The monoisotopic (exact) mass is 630 g/mol. The van der Waals surface area contributed by atoms with Gasteiger partial charge in [-0.3, -0.25) is 4.90 Å². The SMILES string of the molecule is C1CC2CN2C1.CC(C)(C)OC(=O)n1nc(-c2cc3cc(CO)ccc3n2C(=O)OC(C)(C)C)c2sc(S(C)(=O)=O)cc21. The molecule has 5 heterocycles. The molecule has 43 heavy (non-hydrogen) atoms. The average Bonchev–Trinajstić information content (AvgIpc) is 3.30. The number of nitrogens with zero attached hydrogens (tertiary/aromatic N) is 4. The summed E-state index contributed by atoms with van der Waals surface area (Å²) in [5.74, 6) is 0. The fourth-order valence-corrected chi connectivity index (χ4v) is 7.07. The number of carbonyl (C=O) groups excluding carboxylic acids is 2. The highest BCUT2D eigenvalue weighted by atomic mass is 32.2. The molecule has 1 aromatic carbocycles. The smallest absolute Gasteiger partial charge is 0.435 e. The molecule has 2 atom stereocenters. The summed E-state index contributed by atoms with van der Waals surface area (Å²) in [5.41, 5.74) is 0.278. The number of aromatic nitrogens is 3. The van der Waals surface area contributed by atoms with Gasteiger partial charge in [0.2, 0.25) is 0 Å². The lowest BCUT2D eigenvalue weighted by atomic mass is 10.1. The minimum atomic E-state index is -3.60. The standard InChI is InChI=1S/C25H29N3O7S2.C5H9N/c1-24(2,3)34-22(30)27-16-9-8-14(13-29)10-15(16)11-17(27)20-21-18(12-19(36-21)37(7,32)33)28(26-20)23(31)35-25(4,5)6;1-2-5-4-6(5)3-1/h8-12,29H,13H2,1-7H3;5H,1-4H2. The van der Waals surface area contributed by atoms with E-state index in [9.17, 15) is 23.1 Å². The highest BCUT2D eigenvalue weighted by Crippen LogP contribution is 2.39. The van der Waals surface area contributed by atoms with E-state index in [1.165, 1.54) is 36.6 Å². The van der Waals surface area contributed by atoms with Crippen LogP contribution in [0.3, 0.4) is 0 Å². The van der Waals surface area contributed by atoms with Crippen LogP contribution in [-0.2, 0) is 25.9 Å². The number of rotatable bonds is 3. The van der Waals surface area contributed by atoms with Crippen molar-refractivity contribution in [2.24, 2.45) is 0 Å². The van der Waals surface area contributed by atoms with E-state index in [2.05, 4.69) is 10.00 Å². The quantitative estimate of drug-likeness (QED) is 0.285. The molecule has 6 rings (SSSR count). The summed E-state index contributed by atoms with van der Waals surface area (Å²) in [6.45, 7) is 13.0. The van der Waals surface area contributed by atoms with Crippen LogP contribution in [-0.4, -0.2) is 81.5 Å². The van der Waals surface area contributed by atoms with E-state index < -0.39 is 33.2 Å². The summed E-state index contributed by atoms with van der Waals surface area (Å²) in [7, 11) is -3.60. The van der Waals surface area contributed by atoms with Gasteiger partial charge in [0.1, 0.15) is 21.1 Å². The molecule has 11 nitrogen and oxygen atoms in total. The Hall–Kier alpha value is -3.26. The lowest BCUT2D eigenvalue weighted by Gasteiger charge is -2.20. The maximum absolute atomic E-state index is 13.4. The van der Waals surface area contributed by atoms with Crippen molar-refractivity contribution in [2.45, 2.75) is 82.4 Å². The maximum atomic E-state index is 13.4. The zero-order chi connectivity index (χ0) is 31.5. The van der Waals surface area contributed by atoms with Gasteiger partial charge in [-0.2, -0.15) is 9.78 Å². The number of ether oxygens (including phenoxy) is 2. The van der Waals surface area contributed by atoms with Gasteiger partial charge >= 0.3 is 12.2 Å². The molecule has 2 fully saturated rings. The van der Waals surface area contributed by atoms with Crippen molar-refractivity contribution in [1.29, 1.82) is 0 Å². The molecule has 2 aliphatic heterocycles. The van der Waals surface area contributed by atoms with Crippen molar-refractivity contribution in [3.05, 3.63) is 35.9 Å². The van der Waals surface area contributed by atoms with Crippen LogP contribution in [0.15, 0.2) is 34.5 Å². The first-order chi connectivity index (χ1) is 19.9. The Bertz CT molecular complexity index is 1810. The Kier molecular flexibility index (Phi) is 7.99. The first-order valence-corrected chi connectivity index (χ1v) is 16.8. The zero-order valence-corrected chi connectivity index (χ0v) is 27.1. The zero-order valence-electron chi connectivity index (χ0n) is 25.5. The van der Waals surface area contributed by atoms with Crippen molar-refractivity contribution in [1.82, 2.24) is 19.2 Å². The van der Waals surface area contributed by atoms with E-state index in [1.54, 1.807) is 65.8 Å². The number of hydrogen-bond donors (Lipinski definition) is 1. The van der Waals surface area contributed by atoms with Gasteiger partial charge in [-0.15, -0.1) is 11.3 Å². The molecular formula is C30H38N4O7S2. The molecule has 0 saturated carbocycles. The summed E-state index contributed by atoms with van der Waals surface area (Å²) in [6, 6.07) is 9.23. The Morgan fingerprint density at radius 1 is 1.02 bits per heavy atom. The lowest BCUT2D eigenvalue weighted by Crippen LogP contribution is -2.28. The van der Waals surface area contributed by atoms with Gasteiger partial charge in [-0.25, -0.2) is 22.6 Å². The topological polar surface area (TPSA) is 133 Å². The summed E-state index contributed by atoms with van der Waals surface area (Å²) < 4.78 is 38.7. The number of hydrogen-bond acceptors (Lipinski definition) is 10. The molecule has 0 radical (unpaired) electrons. The number of aliphatic hydroxyl groups excluding tert-OH is 1. The third-order valence-electron chi connectivity index (χ3n) is 6.94. The van der Waals surface area contributed by atoms with E-state index in [0.29, 0.717) is 26.9 Å². The fourth-order valence-electron chi connectivity index (χ4n) is 5.02. The van der Waals surface area contributed by atoms with Crippen molar-refractivity contribution in [3.8, 4) is 11.4 Å². The number of benzene rings is 1. The molecule has 0 aliphatic carbocycles. The summed E-state index contributed by atoms with van der Waals surface area (Å²) in [5, 5.41) is 14.7. The van der Waals surface area contributed by atoms with Crippen LogP contribution in [0, 0.1) is 0 Å². The summed E-state index contributed by atoms with van der Waals surface area (Å²) in [6.07, 6.45) is 2.57. The Morgan fingerprint density at radius 2 is 1.70 bits per heavy atom. The van der Waals surface area contributed by atoms with Crippen LogP contribution in [0.25, 0.3) is 32.5 Å². The number of piperidine rings is 1. The largest absolute Gasteiger partial charge is 0.443 e. The molecule has 0 spiro atoms. The fraction of sp³-hybridized carbons (Fsp3) is 0.500. The van der Waals surface area contributed by atoms with Crippen LogP contribution < -0.4 is 0 Å². The van der Waals surface area contributed by atoms with Crippen molar-refractivity contribution in [3.63, 3.8) is 0 Å². The third-order valence-corrected chi connectivity index (χ3v) is 9.88. The molecule has 13 heteroatoms. The van der Waals surface area contributed by atoms with Gasteiger partial charge in [0, 0.05) is 24.2 Å². The molecule has 232 valence electrons. The predicted octanol–water partition coefficient (Wildman–Crippen LogP) is 5.65. The molecule has 3 aromatic heterocycles. The number of thiophene rings is 1. The van der Waals surface area contributed by atoms with Crippen LogP contribution >= 0.6 is 11.3 Å². The van der Waals surface area contributed by atoms with Crippen LogP contribution in [0.2, 0.25) is 0 Å². The Labute approximate surface area is 254 Å². The summed E-state index contributed by atoms with van der Waals surface area (Å²) in [4.78, 5) is 29.0. The molecule has 0 amide bonds. The minimum absolute atomic E-state index is 0.0426. The number of fused-ring (bicyclic) bond motifs is 3. The Balaban J connectivity index is 0.000000537. The molecule has 2 aliphatic rings. The van der Waals surface area contributed by atoms with Crippen molar-refractivity contribution < 1.29 is 32.6 Å². The van der Waals surface area contributed by atoms with Gasteiger partial charge in [0.25, 0.3) is 0 Å². The van der Waals surface area contributed by atoms with Crippen LogP contribution in [0.5, 0.6) is 0 Å². The minimum Gasteiger partial charge on any atom is -0.443 e. The molecule has 2 saturated heterocycles. The highest BCUT2D eigenvalue weighted by molar-refractivity contribution is 7.93. The second-order valence-corrected chi connectivity index (χ2v) is 16.3. The van der Waals surface area contributed by atoms with Gasteiger partial charge in [-0.1, -0.05) is 6.07 Å². The van der Waals surface area contributed by atoms with Crippen molar-refractivity contribution in [2.75, 3.05) is 19.3 Å². The van der Waals surface area contributed by atoms with Gasteiger partial charge in [0.15, 0.2) is 9.84 Å². The van der Waals surface area contributed by atoms with Gasteiger partial charge < -0.3 is 14.6 Å². The summed E-state index contributed by atoms with van der Waals surface area (Å²) >= 11 is 0.949. The highest BCUT2D eigenvalue weighted by Gasteiger charge is 2.37. The molecule has 4 aromatic rings. The number of sulfone groups is 1. The normalized spacial score (nSPS) is 18.3. The molecule has 0 bridgehead atoms. The predicted molar refractivity (Wildman–Crippen MR) is 165 cm³/mol. The van der Waals surface area contributed by atoms with E-state index in [1.807, 2.05) is 0 Å².